The molecule has 1 aromatic carbocycles. The molecule has 2 aromatic rings. The minimum atomic E-state index is -0.328. The second-order valence-electron chi connectivity index (χ2n) is 6.04. The highest BCUT2D eigenvalue weighted by atomic mass is 16.5. The number of carbonyl (C=O) groups excluding carboxylic acids is 2. The zero-order valence-electron chi connectivity index (χ0n) is 14.7. The molecule has 1 fully saturated rings. The van der Waals surface area contributed by atoms with Gasteiger partial charge in [0.15, 0.2) is 0 Å². The van der Waals surface area contributed by atoms with Crippen LogP contribution >= 0.6 is 0 Å². The van der Waals surface area contributed by atoms with Gasteiger partial charge in [0, 0.05) is 12.3 Å². The van der Waals surface area contributed by atoms with Gasteiger partial charge in [0.25, 0.3) is 0 Å². The predicted molar refractivity (Wildman–Crippen MR) is 95.9 cm³/mol. The number of hydrogen-bond acceptors (Lipinski definition) is 5. The topological polar surface area (TPSA) is 89.5 Å². The van der Waals surface area contributed by atoms with Crippen LogP contribution in [0.1, 0.15) is 12.1 Å². The number of methoxy groups -OCH3 is 2. The highest BCUT2D eigenvalue weighted by Gasteiger charge is 2.48. The van der Waals surface area contributed by atoms with E-state index in [-0.39, 0.29) is 23.7 Å². The van der Waals surface area contributed by atoms with Crippen molar-refractivity contribution in [3.8, 4) is 11.5 Å². The van der Waals surface area contributed by atoms with Gasteiger partial charge in [-0.2, -0.15) is 0 Å². The van der Waals surface area contributed by atoms with E-state index in [2.05, 4.69) is 15.6 Å². The Balaban J connectivity index is 1.53. The second kappa shape index (κ2) is 7.86. The van der Waals surface area contributed by atoms with Crippen molar-refractivity contribution < 1.29 is 19.1 Å². The number of benzene rings is 1. The number of nitrogens with one attached hydrogen (secondary N) is 2. The SMILES string of the molecule is COc1ccc(NC(=O)C2CC2C(=O)NCc2ccccn2)c(OC)c1. The van der Waals surface area contributed by atoms with Crippen molar-refractivity contribution in [3.63, 3.8) is 0 Å². The minimum absolute atomic E-state index is 0.127. The van der Waals surface area contributed by atoms with Crippen molar-refractivity contribution in [2.45, 2.75) is 13.0 Å². The molecule has 1 aliphatic rings. The molecule has 7 heteroatoms. The maximum atomic E-state index is 12.4. The third kappa shape index (κ3) is 4.11. The summed E-state index contributed by atoms with van der Waals surface area (Å²) < 4.78 is 10.4. The molecule has 2 amide bonds. The number of hydrogen-bond donors (Lipinski definition) is 2. The molecule has 1 saturated carbocycles. The normalized spacial score (nSPS) is 17.9. The first-order chi connectivity index (χ1) is 12.6. The number of amides is 2. The Morgan fingerprint density at radius 1 is 1.12 bits per heavy atom. The molecule has 0 aliphatic heterocycles. The maximum Gasteiger partial charge on any atom is 0.228 e. The molecule has 0 radical (unpaired) electrons. The van der Waals surface area contributed by atoms with E-state index in [9.17, 15) is 9.59 Å². The Morgan fingerprint density at radius 3 is 2.62 bits per heavy atom. The van der Waals surface area contributed by atoms with Gasteiger partial charge in [0.1, 0.15) is 11.5 Å². The first-order valence-electron chi connectivity index (χ1n) is 8.33. The van der Waals surface area contributed by atoms with E-state index >= 15 is 0 Å². The molecule has 26 heavy (non-hydrogen) atoms. The number of rotatable bonds is 7. The second-order valence-corrected chi connectivity index (χ2v) is 6.04. The maximum absolute atomic E-state index is 12.4. The fourth-order valence-corrected chi connectivity index (χ4v) is 2.71. The summed E-state index contributed by atoms with van der Waals surface area (Å²) in [5, 5.41) is 5.65. The Morgan fingerprint density at radius 2 is 1.92 bits per heavy atom. The Bertz CT molecular complexity index is 795. The molecule has 2 unspecified atom stereocenters. The smallest absolute Gasteiger partial charge is 0.228 e. The standard InChI is InChI=1S/C19H21N3O4/c1-25-13-6-7-16(17(9-13)26-2)22-19(24)15-10-14(15)18(23)21-11-12-5-3-4-8-20-12/h3-9,14-15H,10-11H2,1-2H3,(H,21,23)(H,22,24). The summed E-state index contributed by atoms with van der Waals surface area (Å²) in [6, 6.07) is 10.7. The zero-order chi connectivity index (χ0) is 18.5. The molecule has 3 rings (SSSR count). The van der Waals surface area contributed by atoms with Crippen LogP contribution in [0.25, 0.3) is 0 Å². The number of nitrogens with zero attached hydrogens (tertiary/aromatic N) is 1. The summed E-state index contributed by atoms with van der Waals surface area (Å²) in [5.41, 5.74) is 1.34. The lowest BCUT2D eigenvalue weighted by atomic mass is 10.2. The summed E-state index contributed by atoms with van der Waals surface area (Å²) in [5.74, 6) is 0.199. The first kappa shape index (κ1) is 17.7. The highest BCUT2D eigenvalue weighted by molar-refractivity contribution is 6.00. The van der Waals surface area contributed by atoms with Crippen molar-refractivity contribution in [2.75, 3.05) is 19.5 Å². The minimum Gasteiger partial charge on any atom is -0.497 e. The van der Waals surface area contributed by atoms with E-state index in [1.165, 1.54) is 7.11 Å². The van der Waals surface area contributed by atoms with E-state index in [4.69, 9.17) is 9.47 Å². The summed E-state index contributed by atoms with van der Waals surface area (Å²) in [6.07, 6.45) is 2.22. The fourth-order valence-electron chi connectivity index (χ4n) is 2.71. The molecular weight excluding hydrogens is 334 g/mol. The quantitative estimate of drug-likeness (QED) is 0.793. The number of anilines is 1. The van der Waals surface area contributed by atoms with E-state index in [1.54, 1.807) is 31.5 Å². The van der Waals surface area contributed by atoms with Crippen molar-refractivity contribution in [1.29, 1.82) is 0 Å². The van der Waals surface area contributed by atoms with Crippen LogP contribution in [0.4, 0.5) is 5.69 Å². The van der Waals surface area contributed by atoms with Crippen LogP contribution in [-0.4, -0.2) is 31.0 Å². The van der Waals surface area contributed by atoms with E-state index in [0.29, 0.717) is 30.2 Å². The molecule has 1 aliphatic carbocycles. The fraction of sp³-hybridized carbons (Fsp3) is 0.316. The van der Waals surface area contributed by atoms with Crippen molar-refractivity contribution in [2.24, 2.45) is 11.8 Å². The molecule has 0 bridgehead atoms. The monoisotopic (exact) mass is 355 g/mol. The molecule has 2 atom stereocenters. The van der Waals surface area contributed by atoms with Crippen LogP contribution in [0.5, 0.6) is 11.5 Å². The molecule has 1 aromatic heterocycles. The van der Waals surface area contributed by atoms with Crippen LogP contribution < -0.4 is 20.1 Å². The van der Waals surface area contributed by atoms with Gasteiger partial charge in [0.05, 0.1) is 44.0 Å². The van der Waals surface area contributed by atoms with Gasteiger partial charge in [0.2, 0.25) is 11.8 Å². The van der Waals surface area contributed by atoms with Gasteiger partial charge >= 0.3 is 0 Å². The highest BCUT2D eigenvalue weighted by Crippen LogP contribution is 2.40. The van der Waals surface area contributed by atoms with Gasteiger partial charge in [-0.15, -0.1) is 0 Å². The Hall–Kier alpha value is -3.09. The third-order valence-electron chi connectivity index (χ3n) is 4.30. The zero-order valence-corrected chi connectivity index (χ0v) is 14.7. The van der Waals surface area contributed by atoms with Gasteiger partial charge in [-0.1, -0.05) is 6.07 Å². The van der Waals surface area contributed by atoms with Crippen LogP contribution in [0.2, 0.25) is 0 Å². The van der Waals surface area contributed by atoms with Gasteiger partial charge in [-0.25, -0.2) is 0 Å². The van der Waals surface area contributed by atoms with Gasteiger partial charge < -0.3 is 20.1 Å². The van der Waals surface area contributed by atoms with Gasteiger partial charge in [-0.3, -0.25) is 14.6 Å². The average molecular weight is 355 g/mol. The summed E-state index contributed by atoms with van der Waals surface area (Å²) in [6.45, 7) is 0.358. The molecule has 7 nitrogen and oxygen atoms in total. The van der Waals surface area contributed by atoms with E-state index in [0.717, 1.165) is 5.69 Å². The summed E-state index contributed by atoms with van der Waals surface area (Å²) in [7, 11) is 3.08. The van der Waals surface area contributed by atoms with E-state index in [1.807, 2.05) is 18.2 Å². The molecule has 0 spiro atoms. The van der Waals surface area contributed by atoms with Crippen molar-refractivity contribution in [3.05, 3.63) is 48.3 Å². The lowest BCUT2D eigenvalue weighted by molar-refractivity contribution is -0.125. The third-order valence-corrected chi connectivity index (χ3v) is 4.30. The molecule has 1 heterocycles. The molecular formula is C19H21N3O4. The number of carbonyl (C=O) groups is 2. The van der Waals surface area contributed by atoms with Crippen LogP contribution in [0.3, 0.4) is 0 Å². The van der Waals surface area contributed by atoms with Crippen LogP contribution in [0, 0.1) is 11.8 Å². The van der Waals surface area contributed by atoms with Crippen LogP contribution in [-0.2, 0) is 16.1 Å². The number of aromatic nitrogens is 1. The molecule has 136 valence electrons. The Kier molecular flexibility index (Phi) is 5.36. The number of ether oxygens (including phenoxy) is 2. The lowest BCUT2D eigenvalue weighted by Gasteiger charge is -2.11. The summed E-state index contributed by atoms with van der Waals surface area (Å²) >= 11 is 0. The van der Waals surface area contributed by atoms with Gasteiger partial charge in [-0.05, 0) is 30.7 Å². The molecule has 0 saturated heterocycles. The summed E-state index contributed by atoms with van der Waals surface area (Å²) in [4.78, 5) is 28.7. The molecule has 2 N–H and O–H groups in total. The van der Waals surface area contributed by atoms with Crippen molar-refractivity contribution in [1.82, 2.24) is 10.3 Å². The number of pyridine rings is 1. The lowest BCUT2D eigenvalue weighted by Crippen LogP contribution is -2.27. The predicted octanol–water partition coefficient (Wildman–Crippen LogP) is 1.99. The van der Waals surface area contributed by atoms with Crippen LogP contribution in [0.15, 0.2) is 42.6 Å². The largest absolute Gasteiger partial charge is 0.497 e. The average Bonchev–Trinajstić information content (AvgIpc) is 3.48. The Labute approximate surface area is 151 Å². The van der Waals surface area contributed by atoms with Crippen molar-refractivity contribution >= 4 is 17.5 Å². The first-order valence-corrected chi connectivity index (χ1v) is 8.33. The van der Waals surface area contributed by atoms with E-state index < -0.39 is 0 Å².